The van der Waals surface area contributed by atoms with E-state index in [2.05, 4.69) is 40.4 Å². The molecule has 2 aliphatic rings. The molecular weight excluding hydrogens is 386 g/mol. The van der Waals surface area contributed by atoms with E-state index in [0.717, 1.165) is 0 Å². The van der Waals surface area contributed by atoms with E-state index in [4.69, 9.17) is 18.6 Å². The van der Waals surface area contributed by atoms with Crippen molar-refractivity contribution in [3.05, 3.63) is 12.7 Å². The van der Waals surface area contributed by atoms with Gasteiger partial charge in [-0.3, -0.25) is 4.90 Å². The predicted molar refractivity (Wildman–Crippen MR) is 117 cm³/mol. The molecular formula is C22H41NO5Si. The van der Waals surface area contributed by atoms with Crippen LogP contribution in [0.25, 0.3) is 0 Å². The first-order valence-corrected chi connectivity index (χ1v) is 13.5. The van der Waals surface area contributed by atoms with E-state index < -0.39 is 19.7 Å². The molecule has 2 heterocycles. The third kappa shape index (κ3) is 5.43. The number of rotatable bonds is 5. The van der Waals surface area contributed by atoms with E-state index in [1.807, 2.05) is 40.7 Å². The van der Waals surface area contributed by atoms with Crippen LogP contribution in [0, 0.1) is 0 Å². The molecule has 2 rings (SSSR count). The van der Waals surface area contributed by atoms with Crippen LogP contribution in [0.15, 0.2) is 12.7 Å². The Morgan fingerprint density at radius 1 is 1.10 bits per heavy atom. The molecule has 29 heavy (non-hydrogen) atoms. The van der Waals surface area contributed by atoms with Crippen LogP contribution >= 0.6 is 0 Å². The molecule has 0 aliphatic carbocycles. The Morgan fingerprint density at radius 2 is 1.62 bits per heavy atom. The molecule has 168 valence electrons. The minimum Gasteiger partial charge on any atom is -0.444 e. The van der Waals surface area contributed by atoms with Gasteiger partial charge >= 0.3 is 6.09 Å². The second kappa shape index (κ2) is 7.98. The Hall–Kier alpha value is -0.893. The Morgan fingerprint density at radius 3 is 2.07 bits per heavy atom. The van der Waals surface area contributed by atoms with Crippen LogP contribution < -0.4 is 0 Å². The number of amides is 1. The largest absolute Gasteiger partial charge is 0.444 e. The topological polar surface area (TPSA) is 57.2 Å². The normalized spacial score (nSPS) is 29.7. The standard InChI is InChI=1S/C22H41NO5Si/c1-12-13-15-17-18(27-22(8,9)26-17)16(14-25-29(10,11)21(5,6)7)23(15)19(24)28-20(2,3)4/h12,15-18H,1,13-14H2,2-11H3/t15-,16-,17+,18-/m0/s1. The van der Waals surface area contributed by atoms with E-state index in [1.165, 1.54) is 0 Å². The number of hydrogen-bond acceptors (Lipinski definition) is 5. The molecule has 0 bridgehead atoms. The Labute approximate surface area is 178 Å². The molecule has 2 saturated heterocycles. The number of nitrogens with zero attached hydrogens (tertiary/aromatic N) is 1. The summed E-state index contributed by atoms with van der Waals surface area (Å²) in [6.07, 6.45) is 1.59. The first-order chi connectivity index (χ1) is 13.0. The van der Waals surface area contributed by atoms with Crippen molar-refractivity contribution in [1.82, 2.24) is 4.90 Å². The molecule has 0 N–H and O–H groups in total. The monoisotopic (exact) mass is 427 g/mol. The molecule has 0 unspecified atom stereocenters. The number of carbonyl (C=O) groups is 1. The van der Waals surface area contributed by atoms with Gasteiger partial charge in [-0.1, -0.05) is 26.8 Å². The lowest BCUT2D eigenvalue weighted by Crippen LogP contribution is -2.52. The summed E-state index contributed by atoms with van der Waals surface area (Å²) in [5.74, 6) is -0.690. The molecule has 0 aromatic rings. The Kier molecular flexibility index (Phi) is 6.71. The highest BCUT2D eigenvalue weighted by Crippen LogP contribution is 2.43. The molecule has 0 saturated carbocycles. The molecule has 0 aromatic carbocycles. The van der Waals surface area contributed by atoms with Gasteiger partial charge in [0.2, 0.25) is 0 Å². The van der Waals surface area contributed by atoms with Gasteiger partial charge in [0, 0.05) is 0 Å². The zero-order valence-electron chi connectivity index (χ0n) is 20.0. The third-order valence-electron chi connectivity index (χ3n) is 6.07. The first-order valence-electron chi connectivity index (χ1n) is 10.6. The van der Waals surface area contributed by atoms with E-state index in [1.54, 1.807) is 4.90 Å². The molecule has 0 radical (unpaired) electrons. The molecule has 2 fully saturated rings. The minimum atomic E-state index is -2.00. The number of hydrogen-bond donors (Lipinski definition) is 0. The van der Waals surface area contributed by atoms with Gasteiger partial charge in [0.15, 0.2) is 14.1 Å². The second-order valence-corrected chi connectivity index (χ2v) is 16.0. The van der Waals surface area contributed by atoms with Crippen LogP contribution in [0.4, 0.5) is 4.79 Å². The molecule has 6 nitrogen and oxygen atoms in total. The molecule has 4 atom stereocenters. The fraction of sp³-hybridized carbons (Fsp3) is 0.864. The quantitative estimate of drug-likeness (QED) is 0.452. The lowest BCUT2D eigenvalue weighted by Gasteiger charge is -2.39. The van der Waals surface area contributed by atoms with Gasteiger partial charge in [-0.25, -0.2) is 4.79 Å². The van der Waals surface area contributed by atoms with Gasteiger partial charge in [0.1, 0.15) is 17.8 Å². The molecule has 0 aromatic heterocycles. The number of likely N-dealkylation sites (tertiary alicyclic amines) is 1. The zero-order valence-corrected chi connectivity index (χ0v) is 21.0. The maximum absolute atomic E-state index is 13.2. The van der Waals surface area contributed by atoms with E-state index in [9.17, 15) is 4.79 Å². The van der Waals surface area contributed by atoms with Crippen LogP contribution in [0.5, 0.6) is 0 Å². The van der Waals surface area contributed by atoms with Crippen LogP contribution in [0.2, 0.25) is 18.1 Å². The fourth-order valence-electron chi connectivity index (χ4n) is 3.66. The zero-order chi connectivity index (χ0) is 22.4. The fourth-order valence-corrected chi connectivity index (χ4v) is 4.68. The second-order valence-electron chi connectivity index (χ2n) is 11.2. The lowest BCUT2D eigenvalue weighted by molar-refractivity contribution is -0.168. The minimum absolute atomic E-state index is 0.0780. The smallest absolute Gasteiger partial charge is 0.411 e. The van der Waals surface area contributed by atoms with Crippen molar-refractivity contribution in [1.29, 1.82) is 0 Å². The summed E-state index contributed by atoms with van der Waals surface area (Å²) < 4.78 is 24.7. The average Bonchev–Trinajstić information content (AvgIpc) is 2.94. The highest BCUT2D eigenvalue weighted by atomic mass is 28.4. The summed E-state index contributed by atoms with van der Waals surface area (Å²) in [4.78, 5) is 15.0. The van der Waals surface area contributed by atoms with Crippen LogP contribution in [0.3, 0.4) is 0 Å². The van der Waals surface area contributed by atoms with Crippen LogP contribution in [-0.2, 0) is 18.6 Å². The molecule has 7 heteroatoms. The number of fused-ring (bicyclic) bond motifs is 1. The summed E-state index contributed by atoms with van der Waals surface area (Å²) in [5, 5.41) is 0.0780. The summed E-state index contributed by atoms with van der Waals surface area (Å²) in [5.41, 5.74) is -0.584. The Bertz CT molecular complexity index is 620. The van der Waals surface area contributed by atoms with Gasteiger partial charge in [0.25, 0.3) is 0 Å². The maximum Gasteiger partial charge on any atom is 0.411 e. The van der Waals surface area contributed by atoms with Crippen LogP contribution in [0.1, 0.15) is 61.8 Å². The van der Waals surface area contributed by atoms with E-state index in [0.29, 0.717) is 13.0 Å². The number of carbonyl (C=O) groups excluding carboxylic acids is 1. The van der Waals surface area contributed by atoms with Gasteiger partial charge < -0.3 is 18.6 Å². The summed E-state index contributed by atoms with van der Waals surface area (Å²) in [6, 6.07) is -0.460. The van der Waals surface area contributed by atoms with Gasteiger partial charge in [-0.2, -0.15) is 0 Å². The van der Waals surface area contributed by atoms with E-state index in [-0.39, 0.29) is 35.4 Å². The van der Waals surface area contributed by atoms with Crippen molar-refractivity contribution in [3.63, 3.8) is 0 Å². The van der Waals surface area contributed by atoms with Gasteiger partial charge in [-0.05, 0) is 59.2 Å². The molecule has 1 amide bonds. The van der Waals surface area contributed by atoms with Crippen molar-refractivity contribution in [2.45, 2.75) is 116 Å². The van der Waals surface area contributed by atoms with Crippen molar-refractivity contribution in [2.24, 2.45) is 0 Å². The van der Waals surface area contributed by atoms with Crippen molar-refractivity contribution >= 4 is 14.4 Å². The lowest BCUT2D eigenvalue weighted by atomic mass is 10.1. The molecule has 2 aliphatic heterocycles. The average molecular weight is 428 g/mol. The van der Waals surface area contributed by atoms with E-state index >= 15 is 0 Å². The Balaban J connectivity index is 2.35. The van der Waals surface area contributed by atoms with Crippen LogP contribution in [-0.4, -0.2) is 61.6 Å². The highest BCUT2D eigenvalue weighted by molar-refractivity contribution is 6.74. The molecule has 0 spiro atoms. The maximum atomic E-state index is 13.2. The van der Waals surface area contributed by atoms with Gasteiger partial charge in [-0.15, -0.1) is 6.58 Å². The SMILES string of the molecule is C=CC[C@H]1[C@H]2OC(C)(C)O[C@H]2[C@H](CO[Si](C)(C)C(C)(C)C)N1C(=O)OC(C)(C)C. The third-order valence-corrected chi connectivity index (χ3v) is 10.6. The van der Waals surface area contributed by atoms with Crippen molar-refractivity contribution in [2.75, 3.05) is 6.61 Å². The predicted octanol–water partition coefficient (Wildman–Crippen LogP) is 5.09. The number of ether oxygens (including phenoxy) is 3. The van der Waals surface area contributed by atoms with Gasteiger partial charge in [0.05, 0.1) is 18.7 Å². The van der Waals surface area contributed by atoms with Crippen molar-refractivity contribution < 1.29 is 23.4 Å². The summed E-state index contributed by atoms with van der Waals surface area (Å²) >= 11 is 0. The first kappa shape index (κ1) is 24.4. The summed E-state index contributed by atoms with van der Waals surface area (Å²) in [6.45, 7) is 24.8. The highest BCUT2D eigenvalue weighted by Gasteiger charge is 2.59. The van der Waals surface area contributed by atoms with Crippen molar-refractivity contribution in [3.8, 4) is 0 Å². The summed E-state index contributed by atoms with van der Waals surface area (Å²) in [7, 11) is -2.00.